The average Bonchev–Trinajstić information content (AvgIpc) is 2.73. The minimum atomic E-state index is -0.660. The number of morpholine rings is 1. The first-order valence-electron chi connectivity index (χ1n) is 11.1. The molecule has 1 spiro atoms. The van der Waals surface area contributed by atoms with Crippen molar-refractivity contribution in [3.05, 3.63) is 29.8 Å². The second kappa shape index (κ2) is 10.3. The number of para-hydroxylation sites is 1. The SMILES string of the molecule is CC(C)(C)OC(=O)N1CCOC2(CCCNCCCOc3ccccc3C(=O)NC2)C1. The number of nitrogens with one attached hydrogen (secondary N) is 2. The van der Waals surface area contributed by atoms with Crippen molar-refractivity contribution in [3.8, 4) is 5.75 Å². The van der Waals surface area contributed by atoms with Gasteiger partial charge in [0.2, 0.25) is 0 Å². The molecule has 0 saturated carbocycles. The van der Waals surface area contributed by atoms with Crippen LogP contribution in [0.4, 0.5) is 4.79 Å². The maximum absolute atomic E-state index is 12.9. The normalized spacial score (nSPS) is 23.8. The standard InChI is InChI=1S/C23H35N3O5/c1-22(2,3)31-21(28)26-13-15-30-23(17-26)10-6-11-24-12-7-14-29-19-9-5-4-8-18(19)20(27)25-16-23/h4-5,8-9,24H,6-7,10-17H2,1-3H3,(H,25,27). The van der Waals surface area contributed by atoms with E-state index in [1.165, 1.54) is 0 Å². The van der Waals surface area contributed by atoms with Gasteiger partial charge in [0.05, 0.1) is 25.3 Å². The van der Waals surface area contributed by atoms with E-state index in [9.17, 15) is 9.59 Å². The van der Waals surface area contributed by atoms with Crippen LogP contribution in [0.3, 0.4) is 0 Å². The third-order valence-corrected chi connectivity index (χ3v) is 5.34. The molecule has 2 heterocycles. The molecule has 8 heteroatoms. The van der Waals surface area contributed by atoms with Gasteiger partial charge in [0.25, 0.3) is 5.91 Å². The van der Waals surface area contributed by atoms with Crippen LogP contribution in [0.1, 0.15) is 50.4 Å². The zero-order chi connectivity index (χ0) is 22.3. The van der Waals surface area contributed by atoms with Gasteiger partial charge < -0.3 is 29.7 Å². The summed E-state index contributed by atoms with van der Waals surface area (Å²) in [5.74, 6) is 0.370. The number of hydrogen-bond donors (Lipinski definition) is 2. The lowest BCUT2D eigenvalue weighted by atomic mass is 9.94. The van der Waals surface area contributed by atoms with Gasteiger partial charge in [0.15, 0.2) is 0 Å². The van der Waals surface area contributed by atoms with Gasteiger partial charge in [0.1, 0.15) is 17.0 Å². The fourth-order valence-corrected chi connectivity index (χ4v) is 3.83. The molecule has 0 bridgehead atoms. The number of benzene rings is 1. The number of amides is 2. The minimum Gasteiger partial charge on any atom is -0.493 e. The van der Waals surface area contributed by atoms with E-state index in [2.05, 4.69) is 10.6 Å². The molecule has 172 valence electrons. The average molecular weight is 434 g/mol. The lowest BCUT2D eigenvalue weighted by Gasteiger charge is -2.43. The number of hydrogen-bond acceptors (Lipinski definition) is 6. The topological polar surface area (TPSA) is 89.1 Å². The predicted molar refractivity (Wildman–Crippen MR) is 117 cm³/mol. The van der Waals surface area contributed by atoms with Crippen LogP contribution in [0.15, 0.2) is 24.3 Å². The molecule has 3 rings (SSSR count). The highest BCUT2D eigenvalue weighted by atomic mass is 16.6. The Hall–Kier alpha value is -2.32. The third-order valence-electron chi connectivity index (χ3n) is 5.34. The van der Waals surface area contributed by atoms with E-state index in [1.807, 2.05) is 39.0 Å². The van der Waals surface area contributed by atoms with Crippen LogP contribution >= 0.6 is 0 Å². The first-order chi connectivity index (χ1) is 14.8. The molecule has 2 amide bonds. The molecule has 8 nitrogen and oxygen atoms in total. The zero-order valence-electron chi connectivity index (χ0n) is 18.9. The molecule has 1 fully saturated rings. The van der Waals surface area contributed by atoms with Crippen molar-refractivity contribution in [2.24, 2.45) is 0 Å². The van der Waals surface area contributed by atoms with E-state index in [0.717, 1.165) is 32.4 Å². The Bertz CT molecular complexity index is 764. The summed E-state index contributed by atoms with van der Waals surface area (Å²) in [7, 11) is 0. The summed E-state index contributed by atoms with van der Waals surface area (Å²) in [6.45, 7) is 9.35. The van der Waals surface area contributed by atoms with E-state index in [1.54, 1.807) is 11.0 Å². The van der Waals surface area contributed by atoms with Crippen LogP contribution in [0.2, 0.25) is 0 Å². The highest BCUT2D eigenvalue weighted by Gasteiger charge is 2.39. The molecule has 1 atom stereocenters. The Morgan fingerprint density at radius 2 is 1.94 bits per heavy atom. The minimum absolute atomic E-state index is 0.205. The molecule has 0 aromatic heterocycles. The molecule has 2 aliphatic rings. The number of ether oxygens (including phenoxy) is 3. The largest absolute Gasteiger partial charge is 0.493 e. The predicted octanol–water partition coefficient (Wildman–Crippen LogP) is 2.57. The summed E-state index contributed by atoms with van der Waals surface area (Å²) in [5, 5.41) is 6.45. The van der Waals surface area contributed by atoms with E-state index in [4.69, 9.17) is 14.2 Å². The van der Waals surface area contributed by atoms with Gasteiger partial charge in [-0.3, -0.25) is 4.79 Å². The maximum Gasteiger partial charge on any atom is 0.410 e. The fraction of sp³-hybridized carbons (Fsp3) is 0.652. The van der Waals surface area contributed by atoms with Crippen LogP contribution in [-0.2, 0) is 9.47 Å². The highest BCUT2D eigenvalue weighted by Crippen LogP contribution is 2.26. The summed E-state index contributed by atoms with van der Waals surface area (Å²) in [5.41, 5.74) is -0.720. The van der Waals surface area contributed by atoms with E-state index >= 15 is 0 Å². The van der Waals surface area contributed by atoms with Crippen LogP contribution in [0.25, 0.3) is 0 Å². The lowest BCUT2D eigenvalue weighted by molar-refractivity contribution is -0.110. The van der Waals surface area contributed by atoms with E-state index in [0.29, 0.717) is 44.2 Å². The van der Waals surface area contributed by atoms with Crippen molar-refractivity contribution < 1.29 is 23.8 Å². The molecular weight excluding hydrogens is 398 g/mol. The number of carbonyl (C=O) groups is 2. The second-order valence-corrected chi connectivity index (χ2v) is 9.17. The summed E-state index contributed by atoms with van der Waals surface area (Å²) in [6.07, 6.45) is 2.09. The van der Waals surface area contributed by atoms with Crippen molar-refractivity contribution in [3.63, 3.8) is 0 Å². The van der Waals surface area contributed by atoms with E-state index < -0.39 is 11.2 Å². The Balaban J connectivity index is 1.76. The van der Waals surface area contributed by atoms with Crippen molar-refractivity contribution >= 4 is 12.0 Å². The van der Waals surface area contributed by atoms with Gasteiger partial charge in [-0.15, -0.1) is 0 Å². The molecule has 1 aromatic carbocycles. The lowest BCUT2D eigenvalue weighted by Crippen LogP contribution is -2.59. The number of rotatable bonds is 0. The third kappa shape index (κ3) is 6.83. The van der Waals surface area contributed by atoms with Crippen LogP contribution < -0.4 is 15.4 Å². The summed E-state index contributed by atoms with van der Waals surface area (Å²) >= 11 is 0. The van der Waals surface area contributed by atoms with Gasteiger partial charge in [0, 0.05) is 13.1 Å². The molecule has 0 aliphatic carbocycles. The van der Waals surface area contributed by atoms with Crippen LogP contribution in [-0.4, -0.2) is 74.0 Å². The van der Waals surface area contributed by atoms with Gasteiger partial charge in [-0.2, -0.15) is 0 Å². The van der Waals surface area contributed by atoms with Gasteiger partial charge in [-0.1, -0.05) is 12.1 Å². The second-order valence-electron chi connectivity index (χ2n) is 9.17. The first kappa shape index (κ1) is 23.3. The Labute approximate surface area is 184 Å². The van der Waals surface area contributed by atoms with Crippen molar-refractivity contribution in [2.75, 3.05) is 45.9 Å². The van der Waals surface area contributed by atoms with Gasteiger partial charge in [-0.05, 0) is 65.3 Å². The Kier molecular flexibility index (Phi) is 7.78. The number of nitrogens with zero attached hydrogens (tertiary/aromatic N) is 1. The molecule has 2 aliphatic heterocycles. The molecule has 1 unspecified atom stereocenters. The van der Waals surface area contributed by atoms with Crippen molar-refractivity contribution in [2.45, 2.75) is 51.2 Å². The first-order valence-corrected chi connectivity index (χ1v) is 11.1. The summed E-state index contributed by atoms with van der Waals surface area (Å²) < 4.78 is 17.6. The monoisotopic (exact) mass is 433 g/mol. The summed E-state index contributed by atoms with van der Waals surface area (Å²) in [6, 6.07) is 7.25. The quantitative estimate of drug-likeness (QED) is 0.654. The molecule has 2 N–H and O–H groups in total. The molecule has 1 saturated heterocycles. The van der Waals surface area contributed by atoms with Crippen molar-refractivity contribution in [1.29, 1.82) is 0 Å². The Morgan fingerprint density at radius 1 is 1.16 bits per heavy atom. The maximum atomic E-state index is 12.9. The number of fused-ring (bicyclic) bond motifs is 1. The van der Waals surface area contributed by atoms with Crippen LogP contribution in [0.5, 0.6) is 5.75 Å². The fourth-order valence-electron chi connectivity index (χ4n) is 3.83. The zero-order valence-corrected chi connectivity index (χ0v) is 18.9. The number of carbonyl (C=O) groups excluding carboxylic acids is 2. The highest BCUT2D eigenvalue weighted by molar-refractivity contribution is 5.96. The van der Waals surface area contributed by atoms with Gasteiger partial charge >= 0.3 is 6.09 Å². The van der Waals surface area contributed by atoms with Crippen LogP contribution in [0, 0.1) is 0 Å². The Morgan fingerprint density at radius 3 is 2.74 bits per heavy atom. The summed E-state index contributed by atoms with van der Waals surface area (Å²) in [4.78, 5) is 27.3. The smallest absolute Gasteiger partial charge is 0.410 e. The van der Waals surface area contributed by atoms with Gasteiger partial charge in [-0.25, -0.2) is 4.79 Å². The molecule has 31 heavy (non-hydrogen) atoms. The molecule has 0 radical (unpaired) electrons. The van der Waals surface area contributed by atoms with E-state index in [-0.39, 0.29) is 12.0 Å². The molecular formula is C23H35N3O5. The van der Waals surface area contributed by atoms with Crippen molar-refractivity contribution in [1.82, 2.24) is 15.5 Å². The molecule has 1 aromatic rings.